The largest absolute Gasteiger partial charge is 0.377 e. The zero-order chi connectivity index (χ0) is 14.8. The zero-order valence-corrected chi connectivity index (χ0v) is 14.3. The summed E-state index contributed by atoms with van der Waals surface area (Å²) in [4.78, 5) is 2.09. The highest BCUT2D eigenvalue weighted by Gasteiger charge is 2.22. The van der Waals surface area contributed by atoms with Gasteiger partial charge < -0.3 is 4.90 Å². The van der Waals surface area contributed by atoms with Crippen LogP contribution in [0.25, 0.3) is 0 Å². The second kappa shape index (κ2) is 6.12. The van der Waals surface area contributed by atoms with Gasteiger partial charge in [0.1, 0.15) is 10.4 Å². The molecule has 0 saturated heterocycles. The Labute approximate surface area is 137 Å². The van der Waals surface area contributed by atoms with Crippen molar-refractivity contribution in [3.63, 3.8) is 0 Å². The molecule has 3 nitrogen and oxygen atoms in total. The van der Waals surface area contributed by atoms with Crippen molar-refractivity contribution in [3.05, 3.63) is 64.1 Å². The van der Waals surface area contributed by atoms with Gasteiger partial charge in [0.25, 0.3) is 0 Å². The third kappa shape index (κ3) is 3.09. The summed E-state index contributed by atoms with van der Waals surface area (Å²) in [5.74, 6) is 0. The molecule has 1 atom stereocenters. The van der Waals surface area contributed by atoms with Crippen molar-refractivity contribution in [2.24, 2.45) is 5.10 Å². The van der Waals surface area contributed by atoms with Gasteiger partial charge >= 0.3 is 0 Å². The number of hydrogen-bond acceptors (Lipinski definition) is 4. The van der Waals surface area contributed by atoms with Crippen molar-refractivity contribution in [1.29, 1.82) is 0 Å². The molecule has 0 unspecified atom stereocenters. The summed E-state index contributed by atoms with van der Waals surface area (Å²) in [7, 11) is 4.08. The maximum absolute atomic E-state index is 4.45. The first-order chi connectivity index (χ1) is 10.1. The molecule has 2 aromatic carbocycles. The van der Waals surface area contributed by atoms with E-state index < -0.39 is 0 Å². The molecule has 1 N–H and O–H groups in total. The number of halogens is 1. The van der Waals surface area contributed by atoms with E-state index in [9.17, 15) is 0 Å². The van der Waals surface area contributed by atoms with Crippen molar-refractivity contribution in [3.8, 4) is 0 Å². The molecular weight excluding hydrogens is 346 g/mol. The highest BCUT2D eigenvalue weighted by atomic mass is 79.9. The van der Waals surface area contributed by atoms with Crippen LogP contribution in [0.1, 0.15) is 16.5 Å². The zero-order valence-electron chi connectivity index (χ0n) is 11.9. The van der Waals surface area contributed by atoms with Crippen molar-refractivity contribution < 1.29 is 0 Å². The summed E-state index contributed by atoms with van der Waals surface area (Å²) in [6.07, 6.45) is 0. The molecule has 0 bridgehead atoms. The normalized spacial score (nSPS) is 17.3. The van der Waals surface area contributed by atoms with Gasteiger partial charge in [-0.15, -0.1) is 0 Å². The molecule has 0 aromatic heterocycles. The minimum absolute atomic E-state index is 0.160. The van der Waals surface area contributed by atoms with Crippen LogP contribution < -0.4 is 10.3 Å². The number of nitrogens with zero attached hydrogens (tertiary/aromatic N) is 2. The maximum Gasteiger partial charge on any atom is 0.126 e. The van der Waals surface area contributed by atoms with E-state index in [0.29, 0.717) is 0 Å². The molecule has 0 amide bonds. The van der Waals surface area contributed by atoms with Crippen LogP contribution in [-0.4, -0.2) is 19.1 Å². The van der Waals surface area contributed by atoms with E-state index in [1.165, 1.54) is 11.3 Å². The van der Waals surface area contributed by atoms with Crippen LogP contribution in [0.5, 0.6) is 0 Å². The first-order valence-corrected chi connectivity index (χ1v) is 8.34. The standard InChI is InChI=1S/C16H16BrN3S/c1-20(2)14-9-8-12(10-13(14)17)16-19-18-15(21-16)11-6-4-3-5-7-11/h3-10,16,19H,1-2H3/t16-/m0/s1. The van der Waals surface area contributed by atoms with Crippen LogP contribution in [0, 0.1) is 0 Å². The topological polar surface area (TPSA) is 27.6 Å². The number of benzene rings is 2. The summed E-state index contributed by atoms with van der Waals surface area (Å²) in [5.41, 5.74) is 6.76. The highest BCUT2D eigenvalue weighted by molar-refractivity contribution is 9.10. The summed E-state index contributed by atoms with van der Waals surface area (Å²) < 4.78 is 1.10. The lowest BCUT2D eigenvalue weighted by molar-refractivity contribution is 0.743. The molecule has 1 aliphatic rings. The number of hydrogen-bond donors (Lipinski definition) is 1. The molecule has 0 spiro atoms. The third-order valence-electron chi connectivity index (χ3n) is 3.29. The Morgan fingerprint density at radius 1 is 1.14 bits per heavy atom. The Kier molecular flexibility index (Phi) is 4.22. The van der Waals surface area contributed by atoms with Crippen LogP contribution in [-0.2, 0) is 0 Å². The number of nitrogens with one attached hydrogen (secondary N) is 1. The predicted octanol–water partition coefficient (Wildman–Crippen LogP) is 4.21. The van der Waals surface area contributed by atoms with Gasteiger partial charge in [0.05, 0.1) is 5.69 Å². The lowest BCUT2D eigenvalue weighted by Crippen LogP contribution is -2.11. The van der Waals surface area contributed by atoms with Gasteiger partial charge in [0.2, 0.25) is 0 Å². The summed E-state index contributed by atoms with van der Waals surface area (Å²) in [6.45, 7) is 0. The van der Waals surface area contributed by atoms with E-state index >= 15 is 0 Å². The average molecular weight is 362 g/mol. The second-order valence-corrected chi connectivity index (χ2v) is 6.96. The van der Waals surface area contributed by atoms with E-state index in [2.05, 4.69) is 61.7 Å². The van der Waals surface area contributed by atoms with E-state index in [0.717, 1.165) is 15.1 Å². The first kappa shape index (κ1) is 14.5. The summed E-state index contributed by atoms with van der Waals surface area (Å²) in [5, 5.41) is 5.65. The number of hydrazone groups is 1. The molecule has 1 aliphatic heterocycles. The SMILES string of the molecule is CN(C)c1ccc([C@H]2NN=C(c3ccccc3)S2)cc1Br. The summed E-state index contributed by atoms with van der Waals surface area (Å²) >= 11 is 5.38. The maximum atomic E-state index is 4.45. The molecule has 108 valence electrons. The molecule has 1 heterocycles. The second-order valence-electron chi connectivity index (χ2n) is 5.02. The van der Waals surface area contributed by atoms with E-state index in [1.807, 2.05) is 32.3 Å². The molecule has 0 radical (unpaired) electrons. The fourth-order valence-electron chi connectivity index (χ4n) is 2.19. The van der Waals surface area contributed by atoms with Crippen molar-refractivity contribution >= 4 is 38.4 Å². The highest BCUT2D eigenvalue weighted by Crippen LogP contribution is 2.37. The van der Waals surface area contributed by atoms with Gasteiger partial charge in [-0.05, 0) is 33.6 Å². The van der Waals surface area contributed by atoms with Crippen LogP contribution in [0.3, 0.4) is 0 Å². The van der Waals surface area contributed by atoms with Crippen LogP contribution in [0.15, 0.2) is 58.1 Å². The van der Waals surface area contributed by atoms with Crippen molar-refractivity contribution in [2.75, 3.05) is 19.0 Å². The van der Waals surface area contributed by atoms with Crippen LogP contribution in [0.4, 0.5) is 5.69 Å². The quantitative estimate of drug-likeness (QED) is 0.886. The lowest BCUT2D eigenvalue weighted by atomic mass is 10.2. The van der Waals surface area contributed by atoms with E-state index in [-0.39, 0.29) is 5.37 Å². The van der Waals surface area contributed by atoms with Crippen molar-refractivity contribution in [1.82, 2.24) is 5.43 Å². The minimum atomic E-state index is 0.160. The number of thioether (sulfide) groups is 1. The fraction of sp³-hybridized carbons (Fsp3) is 0.188. The molecule has 0 fully saturated rings. The minimum Gasteiger partial charge on any atom is -0.377 e. The van der Waals surface area contributed by atoms with Gasteiger partial charge in [0.15, 0.2) is 0 Å². The van der Waals surface area contributed by atoms with Gasteiger partial charge in [-0.3, -0.25) is 5.43 Å². The van der Waals surface area contributed by atoms with E-state index in [4.69, 9.17) is 0 Å². The molecule has 0 aliphatic carbocycles. The Morgan fingerprint density at radius 3 is 2.57 bits per heavy atom. The Bertz CT molecular complexity index is 670. The average Bonchev–Trinajstić information content (AvgIpc) is 2.97. The van der Waals surface area contributed by atoms with Gasteiger partial charge in [-0.1, -0.05) is 48.2 Å². The van der Waals surface area contributed by atoms with Crippen LogP contribution in [0.2, 0.25) is 0 Å². The Morgan fingerprint density at radius 2 is 1.90 bits per heavy atom. The molecular formula is C16H16BrN3S. The van der Waals surface area contributed by atoms with Gasteiger partial charge in [-0.2, -0.15) is 5.10 Å². The van der Waals surface area contributed by atoms with E-state index in [1.54, 1.807) is 11.8 Å². The number of anilines is 1. The Hall–Kier alpha value is -1.46. The molecule has 2 aromatic rings. The molecule has 5 heteroatoms. The molecule has 21 heavy (non-hydrogen) atoms. The predicted molar refractivity (Wildman–Crippen MR) is 94.9 cm³/mol. The summed E-state index contributed by atoms with van der Waals surface area (Å²) in [6, 6.07) is 16.7. The number of rotatable bonds is 3. The first-order valence-electron chi connectivity index (χ1n) is 6.67. The third-order valence-corrected chi connectivity index (χ3v) is 5.09. The smallest absolute Gasteiger partial charge is 0.126 e. The Balaban J connectivity index is 1.78. The van der Waals surface area contributed by atoms with Gasteiger partial charge in [0, 0.05) is 24.1 Å². The van der Waals surface area contributed by atoms with Crippen molar-refractivity contribution in [2.45, 2.75) is 5.37 Å². The van der Waals surface area contributed by atoms with Crippen LogP contribution >= 0.6 is 27.7 Å². The van der Waals surface area contributed by atoms with Gasteiger partial charge in [-0.25, -0.2) is 0 Å². The molecule has 0 saturated carbocycles. The molecule has 3 rings (SSSR count). The lowest BCUT2D eigenvalue weighted by Gasteiger charge is -2.17. The monoisotopic (exact) mass is 361 g/mol. The fourth-order valence-corrected chi connectivity index (χ4v) is 3.93.